The van der Waals surface area contributed by atoms with E-state index < -0.39 is 0 Å². The molecule has 1 saturated heterocycles. The molecule has 0 aliphatic carbocycles. The van der Waals surface area contributed by atoms with Gasteiger partial charge in [0.2, 0.25) is 11.7 Å². The molecule has 1 N–H and O–H groups in total. The molecule has 5 heterocycles. The second-order valence-electron chi connectivity index (χ2n) is 6.53. The van der Waals surface area contributed by atoms with Gasteiger partial charge in [0.15, 0.2) is 10.8 Å². The van der Waals surface area contributed by atoms with Crippen molar-refractivity contribution in [2.24, 2.45) is 0 Å². The van der Waals surface area contributed by atoms with Crippen LogP contribution in [0.15, 0.2) is 22.2 Å². The molecular weight excluding hydrogens is 380 g/mol. The van der Waals surface area contributed by atoms with Gasteiger partial charge in [-0.05, 0) is 19.9 Å². The summed E-state index contributed by atoms with van der Waals surface area (Å²) in [6.45, 7) is 5.16. The van der Waals surface area contributed by atoms with Crippen molar-refractivity contribution in [3.8, 4) is 11.4 Å². The predicted octanol–water partition coefficient (Wildman–Crippen LogP) is 1.97. The van der Waals surface area contributed by atoms with Gasteiger partial charge in [-0.3, -0.25) is 4.90 Å². The Labute approximate surface area is 163 Å². The zero-order chi connectivity index (χ0) is 19.3. The van der Waals surface area contributed by atoms with Crippen LogP contribution in [0.2, 0.25) is 0 Å². The summed E-state index contributed by atoms with van der Waals surface area (Å²) in [6, 6.07) is 1.85. The van der Waals surface area contributed by atoms with Gasteiger partial charge in [-0.15, -0.1) is 11.3 Å². The van der Waals surface area contributed by atoms with Crippen molar-refractivity contribution in [1.29, 1.82) is 0 Å². The van der Waals surface area contributed by atoms with Crippen LogP contribution in [-0.2, 0) is 6.42 Å². The lowest BCUT2D eigenvalue weighted by molar-refractivity contribution is 0.252. The van der Waals surface area contributed by atoms with Crippen molar-refractivity contribution in [2.75, 3.05) is 18.0 Å². The van der Waals surface area contributed by atoms with Crippen LogP contribution in [0.1, 0.15) is 23.0 Å². The third kappa shape index (κ3) is 2.80. The summed E-state index contributed by atoms with van der Waals surface area (Å²) in [5.41, 5.74) is 4.07. The number of fused-ring (bicyclic) bond motifs is 1. The summed E-state index contributed by atoms with van der Waals surface area (Å²) in [6.07, 6.45) is 2.08. The Hall–Kier alpha value is -3.34. The molecule has 0 saturated carbocycles. The molecule has 5 rings (SSSR count). The average Bonchev–Trinajstić information content (AvgIpc) is 3.41. The van der Waals surface area contributed by atoms with E-state index in [1.54, 1.807) is 15.6 Å². The van der Waals surface area contributed by atoms with Crippen molar-refractivity contribution in [3.05, 3.63) is 40.6 Å². The van der Waals surface area contributed by atoms with E-state index in [1.165, 1.54) is 11.3 Å². The minimum Gasteiger partial charge on any atom is -0.339 e. The van der Waals surface area contributed by atoms with Crippen LogP contribution in [-0.4, -0.2) is 48.8 Å². The summed E-state index contributed by atoms with van der Waals surface area (Å²) in [5, 5.41) is 13.8. The fraction of sp³-hybridized carbons (Fsp3) is 0.294. The van der Waals surface area contributed by atoms with E-state index in [0.29, 0.717) is 42.0 Å². The molecule has 4 aromatic rings. The topological polar surface area (TPSA) is 114 Å². The van der Waals surface area contributed by atoms with Gasteiger partial charge in [0.25, 0.3) is 0 Å². The van der Waals surface area contributed by atoms with E-state index in [9.17, 15) is 4.79 Å². The number of thiazole rings is 1. The van der Waals surface area contributed by atoms with Crippen LogP contribution in [0.5, 0.6) is 0 Å². The fourth-order valence-electron chi connectivity index (χ4n) is 3.17. The number of aromatic nitrogens is 6. The second-order valence-corrected chi connectivity index (χ2v) is 7.36. The Morgan fingerprint density at radius 2 is 2.18 bits per heavy atom. The first-order valence-corrected chi connectivity index (χ1v) is 9.61. The molecule has 11 heteroatoms. The minimum atomic E-state index is -0.118. The van der Waals surface area contributed by atoms with Crippen LogP contribution in [0.4, 0.5) is 9.93 Å². The van der Waals surface area contributed by atoms with Crippen molar-refractivity contribution in [2.45, 2.75) is 20.3 Å². The third-order valence-corrected chi connectivity index (χ3v) is 5.36. The second kappa shape index (κ2) is 6.37. The number of nitrogens with zero attached hydrogens (tertiary/aromatic N) is 7. The maximum Gasteiger partial charge on any atom is 0.323 e. The molecule has 1 fully saturated rings. The maximum atomic E-state index is 11.8. The van der Waals surface area contributed by atoms with E-state index in [1.807, 2.05) is 25.3 Å². The number of rotatable bonds is 4. The highest BCUT2D eigenvalue weighted by molar-refractivity contribution is 7.14. The number of urea groups is 1. The van der Waals surface area contributed by atoms with Gasteiger partial charge >= 0.3 is 6.03 Å². The number of anilines is 1. The average molecular weight is 396 g/mol. The number of hydrogen-bond acceptors (Lipinski definition) is 8. The highest BCUT2D eigenvalue weighted by atomic mass is 32.1. The summed E-state index contributed by atoms with van der Waals surface area (Å²) >= 11 is 1.42. The van der Waals surface area contributed by atoms with E-state index in [0.717, 1.165) is 22.6 Å². The van der Waals surface area contributed by atoms with Gasteiger partial charge in [0.05, 0.1) is 23.9 Å². The lowest BCUT2D eigenvalue weighted by atomic mass is 10.3. The molecule has 142 valence electrons. The van der Waals surface area contributed by atoms with Crippen LogP contribution >= 0.6 is 11.3 Å². The summed E-state index contributed by atoms with van der Waals surface area (Å²) < 4.78 is 7.16. The van der Waals surface area contributed by atoms with Gasteiger partial charge in [-0.2, -0.15) is 10.1 Å². The van der Waals surface area contributed by atoms with Gasteiger partial charge in [0.1, 0.15) is 0 Å². The highest BCUT2D eigenvalue weighted by Crippen LogP contribution is 2.25. The molecule has 1 aliphatic heterocycles. The first-order valence-electron chi connectivity index (χ1n) is 8.73. The molecule has 28 heavy (non-hydrogen) atoms. The summed E-state index contributed by atoms with van der Waals surface area (Å²) in [7, 11) is 0. The van der Waals surface area contributed by atoms with Gasteiger partial charge in [0, 0.05) is 29.9 Å². The third-order valence-electron chi connectivity index (χ3n) is 4.45. The molecule has 0 unspecified atom stereocenters. The minimum absolute atomic E-state index is 0.118. The van der Waals surface area contributed by atoms with Crippen LogP contribution in [0, 0.1) is 13.8 Å². The van der Waals surface area contributed by atoms with E-state index in [2.05, 4.69) is 30.5 Å². The fourth-order valence-corrected chi connectivity index (χ4v) is 4.02. The normalized spacial score (nSPS) is 14.2. The molecule has 0 spiro atoms. The van der Waals surface area contributed by atoms with Crippen LogP contribution in [0.3, 0.4) is 0 Å². The van der Waals surface area contributed by atoms with Crippen molar-refractivity contribution in [3.63, 3.8) is 0 Å². The van der Waals surface area contributed by atoms with Gasteiger partial charge < -0.3 is 9.84 Å². The highest BCUT2D eigenvalue weighted by Gasteiger charge is 2.24. The molecule has 1 aliphatic rings. The first kappa shape index (κ1) is 16.8. The standard InChI is InChI=1S/C17H16N8O2S/c1-9-5-10(2)25-15(20-9)12(7-19-25)14-22-13(27-23-14)6-11-8-28-17(21-11)24-4-3-18-16(24)26/h5,7-8H,3-4,6H2,1-2H3,(H,18,26). The summed E-state index contributed by atoms with van der Waals surface area (Å²) in [4.78, 5) is 26.9. The van der Waals surface area contributed by atoms with E-state index in [-0.39, 0.29) is 6.03 Å². The monoisotopic (exact) mass is 396 g/mol. The maximum absolute atomic E-state index is 11.8. The number of aryl methyl sites for hydroxylation is 2. The molecule has 4 aromatic heterocycles. The number of carbonyl (C=O) groups is 1. The van der Waals surface area contributed by atoms with Crippen molar-refractivity contribution in [1.82, 2.24) is 35.0 Å². The lowest BCUT2D eigenvalue weighted by Gasteiger charge is -2.08. The SMILES string of the molecule is Cc1cc(C)n2ncc(-c3noc(Cc4csc(N5CCNC5=O)n4)n3)c2n1. The molecular formula is C17H16N8O2S. The largest absolute Gasteiger partial charge is 0.339 e. The number of hydrogen-bond donors (Lipinski definition) is 1. The Bertz CT molecular complexity index is 1190. The predicted molar refractivity (Wildman–Crippen MR) is 101 cm³/mol. The van der Waals surface area contributed by atoms with Gasteiger partial charge in [-0.1, -0.05) is 5.16 Å². The van der Waals surface area contributed by atoms with E-state index in [4.69, 9.17) is 4.52 Å². The first-order chi connectivity index (χ1) is 13.6. The van der Waals surface area contributed by atoms with Crippen molar-refractivity contribution >= 4 is 28.1 Å². The zero-order valence-corrected chi connectivity index (χ0v) is 16.0. The van der Waals surface area contributed by atoms with E-state index >= 15 is 0 Å². The number of amides is 2. The Balaban J connectivity index is 1.40. The molecule has 0 aromatic carbocycles. The Morgan fingerprint density at radius 1 is 1.29 bits per heavy atom. The molecule has 0 bridgehead atoms. The Morgan fingerprint density at radius 3 is 3.00 bits per heavy atom. The number of carbonyl (C=O) groups excluding carboxylic acids is 1. The molecule has 0 atom stereocenters. The molecule has 2 amide bonds. The van der Waals surface area contributed by atoms with Gasteiger partial charge in [-0.25, -0.2) is 19.3 Å². The summed E-state index contributed by atoms with van der Waals surface area (Å²) in [5.74, 6) is 0.887. The Kier molecular flexibility index (Phi) is 3.83. The smallest absolute Gasteiger partial charge is 0.323 e. The quantitative estimate of drug-likeness (QED) is 0.561. The van der Waals surface area contributed by atoms with Crippen LogP contribution < -0.4 is 10.2 Å². The molecule has 0 radical (unpaired) electrons. The van der Waals surface area contributed by atoms with Crippen molar-refractivity contribution < 1.29 is 9.32 Å². The number of nitrogens with one attached hydrogen (secondary N) is 1. The van der Waals surface area contributed by atoms with Crippen LogP contribution in [0.25, 0.3) is 17.0 Å². The lowest BCUT2D eigenvalue weighted by Crippen LogP contribution is -2.27. The zero-order valence-electron chi connectivity index (χ0n) is 15.2. The molecule has 10 nitrogen and oxygen atoms in total.